The molecule has 8 heteroatoms. The van der Waals surface area contributed by atoms with Crippen molar-refractivity contribution in [2.24, 2.45) is 5.73 Å². The number of primary amides is 1. The van der Waals surface area contributed by atoms with E-state index in [1.165, 1.54) is 6.07 Å². The van der Waals surface area contributed by atoms with Gasteiger partial charge in [0.15, 0.2) is 0 Å². The van der Waals surface area contributed by atoms with Gasteiger partial charge < -0.3 is 15.6 Å². The number of nitrogens with one attached hydrogen (secondary N) is 2. The van der Waals surface area contributed by atoms with Gasteiger partial charge in [-0.05, 0) is 31.4 Å². The van der Waals surface area contributed by atoms with Crippen molar-refractivity contribution in [2.75, 3.05) is 6.54 Å². The predicted molar refractivity (Wildman–Crippen MR) is 99.3 cm³/mol. The molecule has 8 nitrogen and oxygen atoms in total. The van der Waals surface area contributed by atoms with Gasteiger partial charge in [-0.3, -0.25) is 19.5 Å². The normalized spacial score (nSPS) is 17.2. The fourth-order valence-electron chi connectivity index (χ4n) is 3.67. The van der Waals surface area contributed by atoms with E-state index in [2.05, 4.69) is 15.2 Å². The molecule has 1 fully saturated rings. The van der Waals surface area contributed by atoms with Crippen LogP contribution in [0.1, 0.15) is 51.8 Å². The molecule has 4 N–H and O–H groups in total. The minimum atomic E-state index is -0.619. The molecular formula is C19H19N5O3. The number of hydrogen-bond acceptors (Lipinski definition) is 4. The Hall–Kier alpha value is -3.42. The Kier molecular flexibility index (Phi) is 4.23. The average molecular weight is 365 g/mol. The number of H-pyrrole nitrogens is 2. The largest absolute Gasteiger partial charge is 0.364 e. The predicted octanol–water partition coefficient (Wildman–Crippen LogP) is 1.72. The van der Waals surface area contributed by atoms with E-state index in [0.29, 0.717) is 28.7 Å². The van der Waals surface area contributed by atoms with Gasteiger partial charge >= 0.3 is 0 Å². The van der Waals surface area contributed by atoms with Crippen LogP contribution in [0.25, 0.3) is 10.9 Å². The van der Waals surface area contributed by atoms with Crippen LogP contribution in [0.15, 0.2) is 41.2 Å². The second-order valence-corrected chi connectivity index (χ2v) is 6.68. The number of hydrogen-bond donors (Lipinski definition) is 3. The molecule has 2 aromatic heterocycles. The highest BCUT2D eigenvalue weighted by atomic mass is 16.2. The van der Waals surface area contributed by atoms with Crippen LogP contribution in [-0.4, -0.2) is 38.4 Å². The highest BCUT2D eigenvalue weighted by Gasteiger charge is 2.31. The molecule has 0 spiro atoms. The Morgan fingerprint density at radius 2 is 2.00 bits per heavy atom. The third-order valence-corrected chi connectivity index (χ3v) is 4.95. The number of likely N-dealkylation sites (tertiary alicyclic amines) is 1. The van der Waals surface area contributed by atoms with Gasteiger partial charge in [0.1, 0.15) is 5.69 Å². The number of para-hydroxylation sites is 1. The van der Waals surface area contributed by atoms with Gasteiger partial charge in [0.05, 0.1) is 17.3 Å². The Morgan fingerprint density at radius 3 is 2.78 bits per heavy atom. The lowest BCUT2D eigenvalue weighted by atomic mass is 9.97. The molecule has 1 aliphatic heterocycles. The van der Waals surface area contributed by atoms with E-state index >= 15 is 0 Å². The fraction of sp³-hybridized carbons (Fsp3) is 0.263. The number of benzene rings is 1. The second-order valence-electron chi connectivity index (χ2n) is 6.68. The Balaban J connectivity index is 1.75. The number of carbonyl (C=O) groups excluding carboxylic acids is 2. The molecule has 1 aromatic carbocycles. The first-order valence-electron chi connectivity index (χ1n) is 8.83. The summed E-state index contributed by atoms with van der Waals surface area (Å²) in [6.07, 6.45) is 2.57. The first-order valence-corrected chi connectivity index (χ1v) is 8.83. The number of amides is 2. The van der Waals surface area contributed by atoms with E-state index in [1.807, 2.05) is 18.2 Å². The van der Waals surface area contributed by atoms with E-state index in [1.54, 1.807) is 17.0 Å². The van der Waals surface area contributed by atoms with Crippen LogP contribution in [0.3, 0.4) is 0 Å². The van der Waals surface area contributed by atoms with E-state index in [4.69, 9.17) is 5.73 Å². The third-order valence-electron chi connectivity index (χ3n) is 4.95. The number of pyridine rings is 1. The maximum Gasteiger partial charge on any atom is 0.269 e. The van der Waals surface area contributed by atoms with Crippen molar-refractivity contribution in [3.63, 3.8) is 0 Å². The van der Waals surface area contributed by atoms with Crippen LogP contribution in [0.2, 0.25) is 0 Å². The molecule has 3 aromatic rings. The zero-order chi connectivity index (χ0) is 19.0. The number of aromatic amines is 2. The maximum absolute atomic E-state index is 13.3. The van der Waals surface area contributed by atoms with Crippen LogP contribution < -0.4 is 11.3 Å². The lowest BCUT2D eigenvalue weighted by Crippen LogP contribution is -2.39. The van der Waals surface area contributed by atoms with Crippen LogP contribution in [0.4, 0.5) is 0 Å². The van der Waals surface area contributed by atoms with Crippen molar-refractivity contribution in [3.05, 3.63) is 63.7 Å². The molecule has 1 unspecified atom stereocenters. The summed E-state index contributed by atoms with van der Waals surface area (Å²) in [5.74, 6) is -0.830. The van der Waals surface area contributed by atoms with E-state index < -0.39 is 5.91 Å². The number of rotatable bonds is 3. The molecule has 2 amide bonds. The van der Waals surface area contributed by atoms with Crippen molar-refractivity contribution in [1.29, 1.82) is 0 Å². The summed E-state index contributed by atoms with van der Waals surface area (Å²) < 4.78 is 0. The Bertz CT molecular complexity index is 1080. The summed E-state index contributed by atoms with van der Waals surface area (Å²) >= 11 is 0. The van der Waals surface area contributed by atoms with Crippen LogP contribution >= 0.6 is 0 Å². The maximum atomic E-state index is 13.3. The number of piperidine rings is 1. The molecule has 4 rings (SSSR count). The van der Waals surface area contributed by atoms with E-state index in [9.17, 15) is 14.4 Å². The molecular weight excluding hydrogens is 346 g/mol. The fourth-order valence-corrected chi connectivity index (χ4v) is 3.67. The van der Waals surface area contributed by atoms with Crippen LogP contribution in [-0.2, 0) is 0 Å². The van der Waals surface area contributed by atoms with Gasteiger partial charge in [-0.2, -0.15) is 5.10 Å². The summed E-state index contributed by atoms with van der Waals surface area (Å²) in [6.45, 7) is 0.565. The molecule has 3 heterocycles. The van der Waals surface area contributed by atoms with Crippen LogP contribution in [0, 0.1) is 0 Å². The lowest BCUT2D eigenvalue weighted by molar-refractivity contribution is 0.0608. The van der Waals surface area contributed by atoms with Gasteiger partial charge in [-0.1, -0.05) is 18.2 Å². The summed E-state index contributed by atoms with van der Waals surface area (Å²) in [7, 11) is 0. The van der Waals surface area contributed by atoms with Gasteiger partial charge in [0.2, 0.25) is 5.56 Å². The number of aromatic nitrogens is 3. The average Bonchev–Trinajstić information content (AvgIpc) is 3.17. The van der Waals surface area contributed by atoms with Crippen molar-refractivity contribution in [3.8, 4) is 0 Å². The van der Waals surface area contributed by atoms with E-state index in [-0.39, 0.29) is 23.2 Å². The summed E-state index contributed by atoms with van der Waals surface area (Å²) in [5.41, 5.74) is 6.78. The van der Waals surface area contributed by atoms with Gasteiger partial charge in [0.25, 0.3) is 11.8 Å². The van der Waals surface area contributed by atoms with Crippen molar-refractivity contribution in [2.45, 2.75) is 25.3 Å². The molecule has 0 bridgehead atoms. The molecule has 1 saturated heterocycles. The van der Waals surface area contributed by atoms with Gasteiger partial charge in [0, 0.05) is 23.5 Å². The zero-order valence-electron chi connectivity index (χ0n) is 14.6. The Labute approximate surface area is 154 Å². The van der Waals surface area contributed by atoms with Crippen molar-refractivity contribution >= 4 is 22.7 Å². The quantitative estimate of drug-likeness (QED) is 0.653. The monoisotopic (exact) mass is 365 g/mol. The van der Waals surface area contributed by atoms with Crippen molar-refractivity contribution in [1.82, 2.24) is 20.1 Å². The minimum Gasteiger partial charge on any atom is -0.364 e. The molecule has 1 aliphatic rings. The van der Waals surface area contributed by atoms with Crippen molar-refractivity contribution < 1.29 is 9.59 Å². The molecule has 27 heavy (non-hydrogen) atoms. The second kappa shape index (κ2) is 6.71. The highest BCUT2D eigenvalue weighted by molar-refractivity contribution is 6.06. The number of nitrogens with two attached hydrogens (primary N) is 1. The minimum absolute atomic E-state index is 0.143. The third kappa shape index (κ3) is 3.10. The zero-order valence-corrected chi connectivity index (χ0v) is 14.6. The van der Waals surface area contributed by atoms with Gasteiger partial charge in [-0.15, -0.1) is 0 Å². The Morgan fingerprint density at radius 1 is 1.19 bits per heavy atom. The smallest absolute Gasteiger partial charge is 0.269 e. The first kappa shape index (κ1) is 17.0. The number of fused-ring (bicyclic) bond motifs is 1. The summed E-state index contributed by atoms with van der Waals surface area (Å²) in [6, 6.07) is 9.93. The van der Waals surface area contributed by atoms with E-state index in [0.717, 1.165) is 19.3 Å². The first-order chi connectivity index (χ1) is 13.0. The van der Waals surface area contributed by atoms with Gasteiger partial charge in [-0.25, -0.2) is 0 Å². The highest BCUT2D eigenvalue weighted by Crippen LogP contribution is 2.32. The standard InChI is InChI=1S/C19H19N5O3/c20-18(26)15-10-14(22-23-15)16-7-3-4-8-24(16)19(27)12-9-17(25)21-13-6-2-1-5-11(12)13/h1-2,5-6,9-10,16H,3-4,7-8H2,(H2,20,26)(H,21,25)(H,22,23). The number of carbonyl (C=O) groups is 2. The van der Waals surface area contributed by atoms with Crippen LogP contribution in [0.5, 0.6) is 0 Å². The molecule has 0 saturated carbocycles. The molecule has 0 radical (unpaired) electrons. The summed E-state index contributed by atoms with van der Waals surface area (Å²) in [4.78, 5) is 41.2. The SMILES string of the molecule is NC(=O)c1cc(C2CCCCN2C(=O)c2cc(=O)[nH]c3ccccc23)[nH]n1. The summed E-state index contributed by atoms with van der Waals surface area (Å²) in [5, 5.41) is 7.46. The molecule has 0 aliphatic carbocycles. The lowest BCUT2D eigenvalue weighted by Gasteiger charge is -2.35. The topological polar surface area (TPSA) is 125 Å². The number of nitrogens with zero attached hydrogens (tertiary/aromatic N) is 2. The molecule has 138 valence electrons. The molecule has 1 atom stereocenters.